The first-order valence-corrected chi connectivity index (χ1v) is 8.14. The van der Waals surface area contributed by atoms with Crippen LogP contribution in [-0.2, 0) is 4.79 Å². The third kappa shape index (κ3) is 4.28. The Morgan fingerprint density at radius 3 is 2.65 bits per heavy atom. The number of para-hydroxylation sites is 1. The summed E-state index contributed by atoms with van der Waals surface area (Å²) < 4.78 is 7.10. The standard InChI is InChI=1S/C20H18N4O2/c1-15-7-9-18(10-8-15)26-14-20(25)23-19(11-21)16-12-22-24(13-16)17-5-3-2-4-6-17/h2-10,12-13,19H,14H2,1H3,(H,23,25). The lowest BCUT2D eigenvalue weighted by Gasteiger charge is -2.11. The molecule has 0 radical (unpaired) electrons. The van der Waals surface area contributed by atoms with Crippen LogP contribution in [0, 0.1) is 18.3 Å². The van der Waals surface area contributed by atoms with Gasteiger partial charge in [-0.05, 0) is 31.2 Å². The fourth-order valence-electron chi connectivity index (χ4n) is 2.38. The van der Waals surface area contributed by atoms with E-state index in [0.29, 0.717) is 11.3 Å². The number of rotatable bonds is 6. The van der Waals surface area contributed by atoms with Crippen molar-refractivity contribution in [3.8, 4) is 17.5 Å². The second-order valence-corrected chi connectivity index (χ2v) is 5.79. The van der Waals surface area contributed by atoms with E-state index in [1.54, 1.807) is 29.2 Å². The molecule has 3 rings (SSSR count). The van der Waals surface area contributed by atoms with Crippen LogP contribution in [0.2, 0.25) is 0 Å². The van der Waals surface area contributed by atoms with Crippen molar-refractivity contribution in [2.24, 2.45) is 0 Å². The van der Waals surface area contributed by atoms with Gasteiger partial charge in [-0.3, -0.25) is 4.79 Å². The summed E-state index contributed by atoms with van der Waals surface area (Å²) in [6, 6.07) is 18.2. The first-order chi connectivity index (χ1) is 12.7. The summed E-state index contributed by atoms with van der Waals surface area (Å²) in [5, 5.41) is 16.3. The van der Waals surface area contributed by atoms with Crippen LogP contribution >= 0.6 is 0 Å². The average Bonchev–Trinajstić information content (AvgIpc) is 3.16. The van der Waals surface area contributed by atoms with Crippen molar-refractivity contribution >= 4 is 5.91 Å². The van der Waals surface area contributed by atoms with Gasteiger partial charge in [-0.15, -0.1) is 0 Å². The summed E-state index contributed by atoms with van der Waals surface area (Å²) in [7, 11) is 0. The van der Waals surface area contributed by atoms with E-state index >= 15 is 0 Å². The van der Waals surface area contributed by atoms with E-state index in [2.05, 4.69) is 16.5 Å². The van der Waals surface area contributed by atoms with Crippen molar-refractivity contribution < 1.29 is 9.53 Å². The molecule has 6 nitrogen and oxygen atoms in total. The zero-order valence-corrected chi connectivity index (χ0v) is 14.3. The molecular weight excluding hydrogens is 328 g/mol. The Morgan fingerprint density at radius 1 is 1.23 bits per heavy atom. The van der Waals surface area contributed by atoms with Gasteiger partial charge in [0, 0.05) is 11.8 Å². The SMILES string of the molecule is Cc1ccc(OCC(=O)NC(C#N)c2cnn(-c3ccccc3)c2)cc1. The highest BCUT2D eigenvalue weighted by Gasteiger charge is 2.16. The number of ether oxygens (including phenoxy) is 1. The van der Waals surface area contributed by atoms with Crippen LogP contribution in [0.1, 0.15) is 17.2 Å². The number of nitriles is 1. The van der Waals surface area contributed by atoms with Gasteiger partial charge < -0.3 is 10.1 Å². The predicted molar refractivity (Wildman–Crippen MR) is 96.7 cm³/mol. The molecule has 130 valence electrons. The fraction of sp³-hybridized carbons (Fsp3) is 0.150. The smallest absolute Gasteiger partial charge is 0.259 e. The fourth-order valence-corrected chi connectivity index (χ4v) is 2.38. The molecule has 0 bridgehead atoms. The van der Waals surface area contributed by atoms with E-state index in [1.807, 2.05) is 49.4 Å². The van der Waals surface area contributed by atoms with E-state index in [4.69, 9.17) is 4.74 Å². The van der Waals surface area contributed by atoms with Crippen LogP contribution < -0.4 is 10.1 Å². The van der Waals surface area contributed by atoms with E-state index in [-0.39, 0.29) is 12.5 Å². The molecule has 0 spiro atoms. The Hall–Kier alpha value is -3.59. The van der Waals surface area contributed by atoms with E-state index in [0.717, 1.165) is 11.3 Å². The molecule has 0 aliphatic rings. The average molecular weight is 346 g/mol. The van der Waals surface area contributed by atoms with E-state index < -0.39 is 6.04 Å². The zero-order valence-electron chi connectivity index (χ0n) is 14.3. The van der Waals surface area contributed by atoms with Gasteiger partial charge >= 0.3 is 0 Å². The van der Waals surface area contributed by atoms with E-state index in [1.165, 1.54) is 0 Å². The number of carbonyl (C=O) groups excluding carboxylic acids is 1. The highest BCUT2D eigenvalue weighted by molar-refractivity contribution is 5.78. The summed E-state index contributed by atoms with van der Waals surface area (Å²) in [4.78, 5) is 12.1. The number of nitrogens with one attached hydrogen (secondary N) is 1. The molecule has 0 fully saturated rings. The predicted octanol–water partition coefficient (Wildman–Crippen LogP) is 2.94. The lowest BCUT2D eigenvalue weighted by Crippen LogP contribution is -2.31. The highest BCUT2D eigenvalue weighted by Crippen LogP contribution is 2.15. The summed E-state index contributed by atoms with van der Waals surface area (Å²) in [5.41, 5.74) is 2.60. The van der Waals surface area contributed by atoms with Crippen LogP contribution in [-0.4, -0.2) is 22.3 Å². The zero-order chi connectivity index (χ0) is 18.4. The van der Waals surface area contributed by atoms with Crippen molar-refractivity contribution in [1.82, 2.24) is 15.1 Å². The summed E-state index contributed by atoms with van der Waals surface area (Å²) in [6.45, 7) is 1.82. The molecule has 3 aromatic rings. The third-order valence-corrected chi connectivity index (χ3v) is 3.78. The number of benzene rings is 2. The van der Waals surface area contributed by atoms with Gasteiger partial charge in [0.2, 0.25) is 0 Å². The van der Waals surface area contributed by atoms with Crippen molar-refractivity contribution in [3.05, 3.63) is 78.1 Å². The molecule has 1 amide bonds. The van der Waals surface area contributed by atoms with Crippen LogP contribution in [0.5, 0.6) is 5.75 Å². The lowest BCUT2D eigenvalue weighted by atomic mass is 10.2. The molecule has 6 heteroatoms. The van der Waals surface area contributed by atoms with Gasteiger partial charge in [0.05, 0.1) is 18.0 Å². The van der Waals surface area contributed by atoms with Crippen LogP contribution in [0.15, 0.2) is 67.0 Å². The Balaban J connectivity index is 1.60. The van der Waals surface area contributed by atoms with Crippen LogP contribution in [0.3, 0.4) is 0 Å². The van der Waals surface area contributed by atoms with Crippen molar-refractivity contribution in [1.29, 1.82) is 5.26 Å². The maximum atomic E-state index is 12.1. The number of hydrogen-bond acceptors (Lipinski definition) is 4. The highest BCUT2D eigenvalue weighted by atomic mass is 16.5. The molecule has 2 aromatic carbocycles. The molecule has 0 aliphatic carbocycles. The largest absolute Gasteiger partial charge is 0.484 e. The monoisotopic (exact) mass is 346 g/mol. The topological polar surface area (TPSA) is 79.9 Å². The lowest BCUT2D eigenvalue weighted by molar-refractivity contribution is -0.123. The number of hydrogen-bond donors (Lipinski definition) is 1. The van der Waals surface area contributed by atoms with Gasteiger partial charge in [-0.25, -0.2) is 4.68 Å². The molecule has 0 saturated carbocycles. The number of nitrogens with zero attached hydrogens (tertiary/aromatic N) is 3. The molecular formula is C20H18N4O2. The molecule has 0 aliphatic heterocycles. The number of carbonyl (C=O) groups is 1. The second kappa shape index (κ2) is 7.99. The minimum Gasteiger partial charge on any atom is -0.484 e. The van der Waals surface area contributed by atoms with Gasteiger partial charge in [0.1, 0.15) is 11.8 Å². The summed E-state index contributed by atoms with van der Waals surface area (Å²) in [6.07, 6.45) is 3.30. The van der Waals surface area contributed by atoms with Gasteiger partial charge in [-0.2, -0.15) is 10.4 Å². The molecule has 1 N–H and O–H groups in total. The van der Waals surface area contributed by atoms with Crippen molar-refractivity contribution in [2.75, 3.05) is 6.61 Å². The Morgan fingerprint density at radius 2 is 1.96 bits per heavy atom. The second-order valence-electron chi connectivity index (χ2n) is 5.79. The minimum atomic E-state index is -0.790. The molecule has 1 unspecified atom stereocenters. The van der Waals surface area contributed by atoms with Crippen molar-refractivity contribution in [3.63, 3.8) is 0 Å². The minimum absolute atomic E-state index is 0.159. The molecule has 1 atom stereocenters. The maximum absolute atomic E-state index is 12.1. The Bertz CT molecular complexity index is 911. The van der Waals surface area contributed by atoms with Gasteiger partial charge in [0.25, 0.3) is 5.91 Å². The van der Waals surface area contributed by atoms with Crippen molar-refractivity contribution in [2.45, 2.75) is 13.0 Å². The molecule has 1 aromatic heterocycles. The normalized spacial score (nSPS) is 11.4. The van der Waals surface area contributed by atoms with Gasteiger partial charge in [-0.1, -0.05) is 35.9 Å². The first-order valence-electron chi connectivity index (χ1n) is 8.14. The quantitative estimate of drug-likeness (QED) is 0.744. The van der Waals surface area contributed by atoms with E-state index in [9.17, 15) is 10.1 Å². The summed E-state index contributed by atoms with van der Waals surface area (Å²) in [5.74, 6) is 0.237. The molecule has 0 saturated heterocycles. The van der Waals surface area contributed by atoms with Crippen LogP contribution in [0.25, 0.3) is 5.69 Å². The molecule has 1 heterocycles. The van der Waals surface area contributed by atoms with Gasteiger partial charge in [0.15, 0.2) is 6.61 Å². The first kappa shape index (κ1) is 17.2. The summed E-state index contributed by atoms with van der Waals surface area (Å²) >= 11 is 0. The Kier molecular flexibility index (Phi) is 5.30. The number of aromatic nitrogens is 2. The third-order valence-electron chi connectivity index (χ3n) is 3.78. The molecule has 26 heavy (non-hydrogen) atoms. The van der Waals surface area contributed by atoms with Crippen LogP contribution in [0.4, 0.5) is 0 Å². The number of amides is 1. The number of aryl methyl sites for hydroxylation is 1. The maximum Gasteiger partial charge on any atom is 0.259 e. The Labute approximate surface area is 151 Å².